The molecule has 0 spiro atoms. The zero-order chi connectivity index (χ0) is 12.3. The van der Waals surface area contributed by atoms with Crippen molar-refractivity contribution in [2.75, 3.05) is 19.8 Å². The van der Waals surface area contributed by atoms with Crippen LogP contribution >= 0.6 is 0 Å². The Labute approximate surface area is 108 Å². The lowest BCUT2D eigenvalue weighted by atomic mass is 9.90. The minimum Gasteiger partial charge on any atom is -0.380 e. The second-order valence-corrected chi connectivity index (χ2v) is 5.48. The summed E-state index contributed by atoms with van der Waals surface area (Å²) in [5.74, 6) is 0.845. The molecule has 1 saturated carbocycles. The van der Waals surface area contributed by atoms with Gasteiger partial charge < -0.3 is 10.1 Å². The van der Waals surface area contributed by atoms with Crippen molar-refractivity contribution in [2.24, 2.45) is 5.92 Å². The summed E-state index contributed by atoms with van der Waals surface area (Å²) in [5, 5.41) is 3.58. The summed E-state index contributed by atoms with van der Waals surface area (Å²) in [6.07, 6.45) is 10.7. The zero-order valence-corrected chi connectivity index (χ0v) is 11.8. The van der Waals surface area contributed by atoms with Crippen LogP contribution in [0.5, 0.6) is 0 Å². The summed E-state index contributed by atoms with van der Waals surface area (Å²) in [6.45, 7) is 7.50. The maximum Gasteiger partial charge on any atom is 0.0619 e. The molecule has 0 aromatic carbocycles. The number of rotatable bonds is 9. The summed E-state index contributed by atoms with van der Waals surface area (Å²) in [7, 11) is 0. The number of hydrogen-bond donors (Lipinski definition) is 1. The van der Waals surface area contributed by atoms with Crippen LogP contribution in [0.2, 0.25) is 0 Å². The van der Waals surface area contributed by atoms with Crippen molar-refractivity contribution in [1.29, 1.82) is 0 Å². The summed E-state index contributed by atoms with van der Waals surface area (Å²) >= 11 is 0. The van der Waals surface area contributed by atoms with Gasteiger partial charge >= 0.3 is 0 Å². The monoisotopic (exact) mass is 241 g/mol. The largest absolute Gasteiger partial charge is 0.380 e. The first-order valence-corrected chi connectivity index (χ1v) is 7.68. The van der Waals surface area contributed by atoms with E-state index in [2.05, 4.69) is 19.2 Å². The SMILES string of the molecule is CCCNC(CCC)COCC1CCCCC1. The Balaban J connectivity index is 2.07. The van der Waals surface area contributed by atoms with E-state index in [1.54, 1.807) is 0 Å². The Morgan fingerprint density at radius 1 is 1.12 bits per heavy atom. The van der Waals surface area contributed by atoms with Crippen molar-refractivity contribution < 1.29 is 4.74 Å². The molecule has 1 fully saturated rings. The molecule has 17 heavy (non-hydrogen) atoms. The van der Waals surface area contributed by atoms with Gasteiger partial charge in [-0.25, -0.2) is 0 Å². The van der Waals surface area contributed by atoms with Gasteiger partial charge in [-0.05, 0) is 38.1 Å². The molecule has 2 nitrogen and oxygen atoms in total. The minimum atomic E-state index is 0.573. The van der Waals surface area contributed by atoms with Crippen LogP contribution in [0.1, 0.15) is 65.2 Å². The van der Waals surface area contributed by atoms with Crippen LogP contribution in [-0.2, 0) is 4.74 Å². The highest BCUT2D eigenvalue weighted by molar-refractivity contribution is 4.68. The van der Waals surface area contributed by atoms with Gasteiger partial charge in [0.25, 0.3) is 0 Å². The van der Waals surface area contributed by atoms with Crippen LogP contribution in [0.25, 0.3) is 0 Å². The molecular weight excluding hydrogens is 210 g/mol. The average Bonchev–Trinajstić information content (AvgIpc) is 2.37. The van der Waals surface area contributed by atoms with Gasteiger partial charge in [0.1, 0.15) is 0 Å². The normalized spacial score (nSPS) is 19.4. The van der Waals surface area contributed by atoms with Crippen LogP contribution in [0.4, 0.5) is 0 Å². The van der Waals surface area contributed by atoms with Gasteiger partial charge in [0.05, 0.1) is 6.61 Å². The Kier molecular flexibility index (Phi) is 8.72. The predicted molar refractivity (Wildman–Crippen MR) is 74.4 cm³/mol. The Bertz CT molecular complexity index is 166. The van der Waals surface area contributed by atoms with E-state index >= 15 is 0 Å². The molecular formula is C15H31NO. The van der Waals surface area contributed by atoms with Gasteiger partial charge in [-0.15, -0.1) is 0 Å². The predicted octanol–water partition coefficient (Wildman–Crippen LogP) is 3.75. The average molecular weight is 241 g/mol. The van der Waals surface area contributed by atoms with Gasteiger partial charge in [0.2, 0.25) is 0 Å². The molecule has 1 aliphatic rings. The molecule has 0 aromatic heterocycles. The highest BCUT2D eigenvalue weighted by atomic mass is 16.5. The number of ether oxygens (including phenoxy) is 1. The van der Waals surface area contributed by atoms with Crippen LogP contribution in [0.15, 0.2) is 0 Å². The Morgan fingerprint density at radius 2 is 1.88 bits per heavy atom. The molecule has 1 unspecified atom stereocenters. The van der Waals surface area contributed by atoms with Gasteiger partial charge in [-0.2, -0.15) is 0 Å². The van der Waals surface area contributed by atoms with Crippen LogP contribution in [0.3, 0.4) is 0 Å². The second-order valence-electron chi connectivity index (χ2n) is 5.48. The van der Waals surface area contributed by atoms with Crippen LogP contribution in [-0.4, -0.2) is 25.8 Å². The smallest absolute Gasteiger partial charge is 0.0619 e. The fourth-order valence-electron chi connectivity index (χ4n) is 2.67. The fraction of sp³-hybridized carbons (Fsp3) is 1.00. The van der Waals surface area contributed by atoms with Crippen molar-refractivity contribution in [3.63, 3.8) is 0 Å². The first kappa shape index (κ1) is 15.0. The van der Waals surface area contributed by atoms with E-state index < -0.39 is 0 Å². The van der Waals surface area contributed by atoms with Gasteiger partial charge in [-0.1, -0.05) is 39.5 Å². The summed E-state index contributed by atoms with van der Waals surface area (Å²) in [4.78, 5) is 0. The lowest BCUT2D eigenvalue weighted by Gasteiger charge is -2.23. The lowest BCUT2D eigenvalue weighted by Crippen LogP contribution is -2.34. The highest BCUT2D eigenvalue weighted by Crippen LogP contribution is 2.23. The molecule has 0 radical (unpaired) electrons. The quantitative estimate of drug-likeness (QED) is 0.664. The fourth-order valence-corrected chi connectivity index (χ4v) is 2.67. The van der Waals surface area contributed by atoms with E-state index in [0.717, 1.165) is 25.7 Å². The van der Waals surface area contributed by atoms with Gasteiger partial charge in [-0.3, -0.25) is 0 Å². The van der Waals surface area contributed by atoms with E-state index in [-0.39, 0.29) is 0 Å². The molecule has 0 heterocycles. The molecule has 1 atom stereocenters. The first-order valence-electron chi connectivity index (χ1n) is 7.68. The van der Waals surface area contributed by atoms with Crippen molar-refractivity contribution in [1.82, 2.24) is 5.32 Å². The van der Waals surface area contributed by atoms with Gasteiger partial charge in [0.15, 0.2) is 0 Å². The molecule has 0 bridgehead atoms. The highest BCUT2D eigenvalue weighted by Gasteiger charge is 2.14. The third-order valence-corrected chi connectivity index (χ3v) is 3.72. The van der Waals surface area contributed by atoms with E-state index in [4.69, 9.17) is 4.74 Å². The topological polar surface area (TPSA) is 21.3 Å². The number of nitrogens with one attached hydrogen (secondary N) is 1. The maximum atomic E-state index is 5.92. The molecule has 0 amide bonds. The maximum absolute atomic E-state index is 5.92. The van der Waals surface area contributed by atoms with E-state index in [9.17, 15) is 0 Å². The van der Waals surface area contributed by atoms with E-state index in [1.165, 1.54) is 51.4 Å². The summed E-state index contributed by atoms with van der Waals surface area (Å²) in [6, 6.07) is 0.573. The zero-order valence-electron chi connectivity index (χ0n) is 11.8. The molecule has 1 N–H and O–H groups in total. The summed E-state index contributed by atoms with van der Waals surface area (Å²) < 4.78 is 5.92. The van der Waals surface area contributed by atoms with Crippen LogP contribution < -0.4 is 5.32 Å². The minimum absolute atomic E-state index is 0.573. The van der Waals surface area contributed by atoms with E-state index in [1.807, 2.05) is 0 Å². The van der Waals surface area contributed by atoms with Crippen LogP contribution in [0, 0.1) is 5.92 Å². The Hall–Kier alpha value is -0.0800. The second kappa shape index (κ2) is 9.90. The van der Waals surface area contributed by atoms with Crippen molar-refractivity contribution in [3.05, 3.63) is 0 Å². The molecule has 1 aliphatic carbocycles. The molecule has 2 heteroatoms. The van der Waals surface area contributed by atoms with Gasteiger partial charge in [0, 0.05) is 12.6 Å². The molecule has 102 valence electrons. The molecule has 0 aromatic rings. The summed E-state index contributed by atoms with van der Waals surface area (Å²) in [5.41, 5.74) is 0. The van der Waals surface area contributed by atoms with E-state index in [0.29, 0.717) is 6.04 Å². The van der Waals surface area contributed by atoms with Crippen molar-refractivity contribution in [2.45, 2.75) is 71.3 Å². The third-order valence-electron chi connectivity index (χ3n) is 3.72. The Morgan fingerprint density at radius 3 is 2.53 bits per heavy atom. The molecule has 0 saturated heterocycles. The molecule has 0 aliphatic heterocycles. The van der Waals surface area contributed by atoms with Crippen molar-refractivity contribution >= 4 is 0 Å². The standard InChI is InChI=1S/C15H31NO/c1-3-8-15(16-11-4-2)13-17-12-14-9-6-5-7-10-14/h14-16H,3-13H2,1-2H3. The van der Waals surface area contributed by atoms with Crippen molar-refractivity contribution in [3.8, 4) is 0 Å². The third kappa shape index (κ3) is 7.05. The number of hydrogen-bond acceptors (Lipinski definition) is 2. The lowest BCUT2D eigenvalue weighted by molar-refractivity contribution is 0.0677. The first-order chi connectivity index (χ1) is 8.36. The molecule has 1 rings (SSSR count).